The Bertz CT molecular complexity index is 1270. The Balaban J connectivity index is 1.59. The van der Waals surface area contributed by atoms with Gasteiger partial charge < -0.3 is 4.57 Å². The summed E-state index contributed by atoms with van der Waals surface area (Å²) in [4.78, 5) is 4.65. The van der Waals surface area contributed by atoms with Crippen LogP contribution in [0, 0.1) is 12.8 Å². The third kappa shape index (κ3) is 4.00. The summed E-state index contributed by atoms with van der Waals surface area (Å²) in [6.45, 7) is -0.336. The van der Waals surface area contributed by atoms with E-state index in [0.29, 0.717) is 40.7 Å². The van der Waals surface area contributed by atoms with Gasteiger partial charge in [-0.1, -0.05) is 5.21 Å². The topological polar surface area (TPSA) is 66.3 Å². The zero-order valence-corrected chi connectivity index (χ0v) is 18.2. The lowest BCUT2D eigenvalue weighted by molar-refractivity contribution is -0.0472. The molecule has 0 N–H and O–H groups in total. The van der Waals surface area contributed by atoms with Crippen LogP contribution in [0.1, 0.15) is 37.9 Å². The van der Waals surface area contributed by atoms with Crippen molar-refractivity contribution in [1.29, 1.82) is 0 Å². The van der Waals surface area contributed by atoms with Crippen LogP contribution in [0.5, 0.6) is 0 Å². The second kappa shape index (κ2) is 7.96. The van der Waals surface area contributed by atoms with Gasteiger partial charge in [0.1, 0.15) is 0 Å². The first-order valence-electron chi connectivity index (χ1n) is 10.8. The molecule has 4 heterocycles. The average molecular weight is 461 g/mol. The van der Waals surface area contributed by atoms with Gasteiger partial charge in [0.15, 0.2) is 0 Å². The van der Waals surface area contributed by atoms with E-state index in [1.54, 1.807) is 17.9 Å². The van der Waals surface area contributed by atoms with Gasteiger partial charge >= 0.3 is 6.55 Å². The number of hydrogen-bond acceptors (Lipinski definition) is 4. The highest BCUT2D eigenvalue weighted by Gasteiger charge is 2.35. The number of halogens is 4. The van der Waals surface area contributed by atoms with Crippen LogP contribution in [0.4, 0.5) is 17.6 Å². The summed E-state index contributed by atoms with van der Waals surface area (Å²) in [5.41, 5.74) is 5.02. The number of alkyl halides is 4. The van der Waals surface area contributed by atoms with Gasteiger partial charge in [0, 0.05) is 61.7 Å². The molecule has 0 saturated heterocycles. The van der Waals surface area contributed by atoms with Crippen molar-refractivity contribution in [2.75, 3.05) is 0 Å². The molecule has 4 aromatic rings. The largest absolute Gasteiger partial charge is 0.345 e. The minimum atomic E-state index is -2.74. The predicted molar refractivity (Wildman–Crippen MR) is 114 cm³/mol. The van der Waals surface area contributed by atoms with E-state index in [-0.39, 0.29) is 18.8 Å². The standard InChI is InChI=1S/C22H23F4N7/c1-13-20(31(2)30-29-13)15-7-18-19(27-8-15)17(16-9-28-33(11-16)21(23)24)12-32(18)10-14-3-5-22(25,26)6-4-14/h7-9,11-12,14,21H,3-6,10H2,1-2H3. The monoisotopic (exact) mass is 461 g/mol. The molecule has 1 aliphatic rings. The first kappa shape index (κ1) is 21.6. The van der Waals surface area contributed by atoms with E-state index in [1.165, 1.54) is 12.4 Å². The second-order valence-electron chi connectivity index (χ2n) is 8.72. The number of nitrogens with zero attached hydrogens (tertiary/aromatic N) is 7. The Hall–Kier alpha value is -3.24. The molecule has 7 nitrogen and oxygen atoms in total. The normalized spacial score (nSPS) is 16.8. The van der Waals surface area contributed by atoms with Gasteiger partial charge in [-0.3, -0.25) is 4.98 Å². The van der Waals surface area contributed by atoms with E-state index >= 15 is 0 Å². The summed E-state index contributed by atoms with van der Waals surface area (Å²) in [5, 5.41) is 11.9. The van der Waals surface area contributed by atoms with Crippen LogP contribution in [-0.4, -0.2) is 40.2 Å². The summed E-state index contributed by atoms with van der Waals surface area (Å²) >= 11 is 0. The fourth-order valence-corrected chi connectivity index (χ4v) is 4.66. The number of aromatic nitrogens is 7. The van der Waals surface area contributed by atoms with Crippen LogP contribution < -0.4 is 0 Å². The van der Waals surface area contributed by atoms with Crippen LogP contribution >= 0.6 is 0 Å². The molecule has 0 unspecified atom stereocenters. The van der Waals surface area contributed by atoms with Crippen LogP contribution in [0.2, 0.25) is 0 Å². The summed E-state index contributed by atoms with van der Waals surface area (Å²) in [5.74, 6) is -2.50. The number of aryl methyl sites for hydroxylation is 2. The Kier molecular flexibility index (Phi) is 5.21. The molecule has 174 valence electrons. The highest BCUT2D eigenvalue weighted by atomic mass is 19.3. The molecule has 4 aromatic heterocycles. The number of pyridine rings is 1. The molecule has 0 spiro atoms. The lowest BCUT2D eigenvalue weighted by Gasteiger charge is -2.28. The fraction of sp³-hybridized carbons (Fsp3) is 0.455. The zero-order chi connectivity index (χ0) is 23.3. The van der Waals surface area contributed by atoms with E-state index in [2.05, 4.69) is 20.4 Å². The van der Waals surface area contributed by atoms with Gasteiger partial charge in [-0.05, 0) is 31.7 Å². The number of hydrogen-bond donors (Lipinski definition) is 0. The van der Waals surface area contributed by atoms with E-state index in [9.17, 15) is 17.6 Å². The molecule has 0 atom stereocenters. The second-order valence-corrected chi connectivity index (χ2v) is 8.72. The predicted octanol–water partition coefficient (Wildman–Crippen LogP) is 5.22. The Morgan fingerprint density at radius 2 is 1.88 bits per heavy atom. The highest BCUT2D eigenvalue weighted by Crippen LogP contribution is 2.38. The van der Waals surface area contributed by atoms with Crippen molar-refractivity contribution in [1.82, 2.24) is 34.3 Å². The molecule has 0 aromatic carbocycles. The van der Waals surface area contributed by atoms with Crippen molar-refractivity contribution in [2.45, 2.75) is 51.6 Å². The van der Waals surface area contributed by atoms with Crippen LogP contribution in [0.25, 0.3) is 33.4 Å². The molecular formula is C22H23F4N7. The maximum atomic E-state index is 13.6. The maximum Gasteiger partial charge on any atom is 0.333 e. The summed E-state index contributed by atoms with van der Waals surface area (Å²) in [7, 11) is 1.80. The third-order valence-electron chi connectivity index (χ3n) is 6.39. The van der Waals surface area contributed by atoms with Gasteiger partial charge in [-0.15, -0.1) is 5.10 Å². The van der Waals surface area contributed by atoms with Crippen molar-refractivity contribution >= 4 is 11.0 Å². The first-order chi connectivity index (χ1) is 15.7. The minimum Gasteiger partial charge on any atom is -0.345 e. The van der Waals surface area contributed by atoms with Crippen molar-refractivity contribution in [3.8, 4) is 22.4 Å². The van der Waals surface area contributed by atoms with Gasteiger partial charge in [-0.25, -0.2) is 18.1 Å². The molecule has 0 aliphatic heterocycles. The van der Waals surface area contributed by atoms with Gasteiger partial charge in [0.2, 0.25) is 5.92 Å². The van der Waals surface area contributed by atoms with E-state index in [4.69, 9.17) is 0 Å². The van der Waals surface area contributed by atoms with Gasteiger partial charge in [0.25, 0.3) is 0 Å². The minimum absolute atomic E-state index is 0.0978. The maximum absolute atomic E-state index is 13.6. The molecule has 0 bridgehead atoms. The molecule has 1 fully saturated rings. The van der Waals surface area contributed by atoms with Crippen LogP contribution in [0.15, 0.2) is 30.9 Å². The Labute approximate surface area is 187 Å². The fourth-order valence-electron chi connectivity index (χ4n) is 4.66. The Morgan fingerprint density at radius 1 is 1.12 bits per heavy atom. The molecule has 11 heteroatoms. The average Bonchev–Trinajstić information content (AvgIpc) is 3.47. The quantitative estimate of drug-likeness (QED) is 0.382. The lowest BCUT2D eigenvalue weighted by Crippen LogP contribution is -2.26. The lowest BCUT2D eigenvalue weighted by atomic mass is 9.87. The molecular weight excluding hydrogens is 438 g/mol. The summed E-state index contributed by atoms with van der Waals surface area (Å²) < 4.78 is 57.7. The third-order valence-corrected chi connectivity index (χ3v) is 6.39. The van der Waals surface area contributed by atoms with Crippen molar-refractivity contribution in [3.05, 3.63) is 36.5 Å². The van der Waals surface area contributed by atoms with Crippen molar-refractivity contribution in [2.24, 2.45) is 13.0 Å². The van der Waals surface area contributed by atoms with E-state index < -0.39 is 12.5 Å². The van der Waals surface area contributed by atoms with E-state index in [0.717, 1.165) is 22.5 Å². The molecule has 33 heavy (non-hydrogen) atoms. The highest BCUT2D eigenvalue weighted by molar-refractivity contribution is 5.94. The molecule has 5 rings (SSSR count). The van der Waals surface area contributed by atoms with Crippen molar-refractivity contribution < 1.29 is 17.6 Å². The molecule has 1 saturated carbocycles. The van der Waals surface area contributed by atoms with Gasteiger partial charge in [-0.2, -0.15) is 13.9 Å². The molecule has 0 amide bonds. The van der Waals surface area contributed by atoms with Gasteiger partial charge in [0.05, 0.1) is 28.6 Å². The first-order valence-corrected chi connectivity index (χ1v) is 10.8. The SMILES string of the molecule is Cc1nnn(C)c1-c1cnc2c(-c3cnn(C(F)F)c3)cn(CC3CCC(F)(F)CC3)c2c1. The number of rotatable bonds is 5. The Morgan fingerprint density at radius 3 is 2.52 bits per heavy atom. The zero-order valence-electron chi connectivity index (χ0n) is 18.2. The van der Waals surface area contributed by atoms with E-state index in [1.807, 2.05) is 23.8 Å². The summed E-state index contributed by atoms with van der Waals surface area (Å²) in [6, 6.07) is 1.96. The van der Waals surface area contributed by atoms with Crippen molar-refractivity contribution in [3.63, 3.8) is 0 Å². The van der Waals surface area contributed by atoms with Crippen LogP contribution in [0.3, 0.4) is 0 Å². The molecule has 0 radical (unpaired) electrons. The molecule has 1 aliphatic carbocycles. The number of fused-ring (bicyclic) bond motifs is 1. The van der Waals surface area contributed by atoms with Crippen LogP contribution in [-0.2, 0) is 13.6 Å². The smallest absolute Gasteiger partial charge is 0.333 e. The summed E-state index contributed by atoms with van der Waals surface area (Å²) in [6.07, 6.45) is 6.87.